The van der Waals surface area contributed by atoms with Crippen molar-refractivity contribution in [3.8, 4) is 0 Å². The molecule has 1 fully saturated rings. The molecule has 0 saturated carbocycles. The van der Waals surface area contributed by atoms with Gasteiger partial charge < -0.3 is 10.2 Å². The summed E-state index contributed by atoms with van der Waals surface area (Å²) in [5.41, 5.74) is 3.77. The molecule has 4 nitrogen and oxygen atoms in total. The number of anilines is 1. The Morgan fingerprint density at radius 2 is 2.15 bits per heavy atom. The van der Waals surface area contributed by atoms with Crippen LogP contribution in [0.3, 0.4) is 0 Å². The van der Waals surface area contributed by atoms with Gasteiger partial charge in [-0.2, -0.15) is 0 Å². The average molecular weight is 276 g/mol. The number of nitrogens with zero attached hydrogens (tertiary/aromatic N) is 3. The van der Waals surface area contributed by atoms with E-state index in [0.717, 1.165) is 38.4 Å². The molecule has 1 aliphatic heterocycles. The third-order valence-electron chi connectivity index (χ3n) is 4.30. The molecule has 20 heavy (non-hydrogen) atoms. The van der Waals surface area contributed by atoms with Crippen molar-refractivity contribution < 1.29 is 0 Å². The second kappa shape index (κ2) is 7.04. The number of rotatable bonds is 6. The third kappa shape index (κ3) is 3.30. The summed E-state index contributed by atoms with van der Waals surface area (Å²) in [6.07, 6.45) is 3.29. The second-order valence-corrected chi connectivity index (χ2v) is 5.59. The highest BCUT2D eigenvalue weighted by Gasteiger charge is 2.27. The summed E-state index contributed by atoms with van der Waals surface area (Å²) in [6, 6.07) is 2.93. The van der Waals surface area contributed by atoms with Gasteiger partial charge in [0.2, 0.25) is 0 Å². The lowest BCUT2D eigenvalue weighted by atomic mass is 10.2. The Morgan fingerprint density at radius 1 is 1.40 bits per heavy atom. The molecule has 0 aromatic carbocycles. The summed E-state index contributed by atoms with van der Waals surface area (Å²) in [5.74, 6) is 0. The third-order valence-corrected chi connectivity index (χ3v) is 4.30. The highest BCUT2D eigenvalue weighted by atomic mass is 15.3. The average Bonchev–Trinajstić information content (AvgIpc) is 2.92. The molecule has 2 rings (SSSR count). The van der Waals surface area contributed by atoms with Gasteiger partial charge in [-0.1, -0.05) is 13.8 Å². The van der Waals surface area contributed by atoms with Crippen molar-refractivity contribution >= 4 is 5.69 Å². The fraction of sp³-hybridized carbons (Fsp3) is 0.688. The molecule has 0 radical (unpaired) electrons. The van der Waals surface area contributed by atoms with Crippen LogP contribution < -0.4 is 10.2 Å². The van der Waals surface area contributed by atoms with Crippen LogP contribution in [0.5, 0.6) is 0 Å². The van der Waals surface area contributed by atoms with E-state index in [-0.39, 0.29) is 0 Å². The van der Waals surface area contributed by atoms with E-state index >= 15 is 0 Å². The summed E-state index contributed by atoms with van der Waals surface area (Å²) in [6.45, 7) is 12.1. The summed E-state index contributed by atoms with van der Waals surface area (Å²) < 4.78 is 0. The van der Waals surface area contributed by atoms with Crippen LogP contribution >= 0.6 is 0 Å². The van der Waals surface area contributed by atoms with Gasteiger partial charge in [0.15, 0.2) is 0 Å². The van der Waals surface area contributed by atoms with Crippen LogP contribution in [0.15, 0.2) is 12.3 Å². The Balaban J connectivity index is 2.14. The first-order chi connectivity index (χ1) is 9.69. The molecule has 0 amide bonds. The molecule has 4 heteroatoms. The Labute approximate surface area is 123 Å². The molecule has 1 aromatic heterocycles. The van der Waals surface area contributed by atoms with E-state index in [4.69, 9.17) is 0 Å². The van der Waals surface area contributed by atoms with Crippen LogP contribution in [0.4, 0.5) is 5.69 Å². The topological polar surface area (TPSA) is 31.4 Å². The van der Waals surface area contributed by atoms with Gasteiger partial charge in [0, 0.05) is 48.8 Å². The Bertz CT molecular complexity index is 428. The lowest BCUT2D eigenvalue weighted by Gasteiger charge is -2.27. The van der Waals surface area contributed by atoms with Crippen molar-refractivity contribution in [2.45, 2.75) is 39.8 Å². The zero-order valence-corrected chi connectivity index (χ0v) is 13.3. The Morgan fingerprint density at radius 3 is 2.80 bits per heavy atom. The largest absolute Gasteiger partial charge is 0.370 e. The van der Waals surface area contributed by atoms with E-state index in [1.54, 1.807) is 0 Å². The number of hydrogen-bond donors (Lipinski definition) is 1. The van der Waals surface area contributed by atoms with E-state index < -0.39 is 0 Å². The highest BCUT2D eigenvalue weighted by molar-refractivity contribution is 5.54. The van der Waals surface area contributed by atoms with Gasteiger partial charge in [0.1, 0.15) is 0 Å². The number of aryl methyl sites for hydroxylation is 1. The molecule has 1 N–H and O–H groups in total. The molecule has 1 aromatic rings. The molecule has 112 valence electrons. The molecule has 0 bridgehead atoms. The lowest BCUT2D eigenvalue weighted by molar-refractivity contribution is 0.232. The summed E-state index contributed by atoms with van der Waals surface area (Å²) in [7, 11) is 1.99. The van der Waals surface area contributed by atoms with Gasteiger partial charge in [-0.25, -0.2) is 0 Å². The lowest BCUT2D eigenvalue weighted by Crippen LogP contribution is -2.37. The zero-order valence-electron chi connectivity index (χ0n) is 13.3. The standard InChI is InChI=1S/C16H28N4/c1-5-19(6-2)15-7-8-20(12-15)16-9-13(3)18-11-14(16)10-17-4/h9,11,15,17H,5-8,10,12H2,1-4H3. The summed E-state index contributed by atoms with van der Waals surface area (Å²) >= 11 is 0. The van der Waals surface area contributed by atoms with Crippen molar-refractivity contribution in [3.63, 3.8) is 0 Å². The maximum Gasteiger partial charge on any atom is 0.0446 e. The van der Waals surface area contributed by atoms with Crippen LogP contribution in [0.2, 0.25) is 0 Å². The number of pyridine rings is 1. The number of aromatic nitrogens is 1. The molecular weight excluding hydrogens is 248 g/mol. The Hall–Kier alpha value is -1.13. The molecule has 1 unspecified atom stereocenters. The van der Waals surface area contributed by atoms with Crippen molar-refractivity contribution in [2.24, 2.45) is 0 Å². The van der Waals surface area contributed by atoms with Gasteiger partial charge in [-0.3, -0.25) is 9.88 Å². The van der Waals surface area contributed by atoms with Crippen LogP contribution in [0, 0.1) is 6.92 Å². The quantitative estimate of drug-likeness (QED) is 0.861. The second-order valence-electron chi connectivity index (χ2n) is 5.59. The highest BCUT2D eigenvalue weighted by Crippen LogP contribution is 2.26. The first kappa shape index (κ1) is 15.3. The van der Waals surface area contributed by atoms with Gasteiger partial charge in [-0.05, 0) is 39.5 Å². The minimum absolute atomic E-state index is 0.695. The molecule has 0 spiro atoms. The minimum atomic E-state index is 0.695. The van der Waals surface area contributed by atoms with E-state index in [1.807, 2.05) is 13.2 Å². The summed E-state index contributed by atoms with van der Waals surface area (Å²) in [5, 5.41) is 3.25. The first-order valence-corrected chi connectivity index (χ1v) is 7.78. The first-order valence-electron chi connectivity index (χ1n) is 7.78. The van der Waals surface area contributed by atoms with Crippen molar-refractivity contribution in [1.29, 1.82) is 0 Å². The molecule has 1 atom stereocenters. The number of likely N-dealkylation sites (N-methyl/N-ethyl adjacent to an activating group) is 1. The molecule has 1 aliphatic rings. The fourth-order valence-electron chi connectivity index (χ4n) is 3.19. The monoisotopic (exact) mass is 276 g/mol. The normalized spacial score (nSPS) is 19.1. The zero-order chi connectivity index (χ0) is 14.5. The van der Waals surface area contributed by atoms with Crippen molar-refractivity contribution in [1.82, 2.24) is 15.2 Å². The molecule has 2 heterocycles. The SMILES string of the molecule is CCN(CC)C1CCN(c2cc(C)ncc2CNC)C1. The van der Waals surface area contributed by atoms with Gasteiger partial charge in [0.25, 0.3) is 0 Å². The van der Waals surface area contributed by atoms with Crippen LogP contribution in [-0.2, 0) is 6.54 Å². The molecule has 0 aliphatic carbocycles. The predicted molar refractivity (Wildman–Crippen MR) is 85.3 cm³/mol. The number of hydrogen-bond acceptors (Lipinski definition) is 4. The number of nitrogens with one attached hydrogen (secondary N) is 1. The van der Waals surface area contributed by atoms with Gasteiger partial charge in [0.05, 0.1) is 0 Å². The van der Waals surface area contributed by atoms with E-state index in [2.05, 4.69) is 46.9 Å². The summed E-state index contributed by atoms with van der Waals surface area (Å²) in [4.78, 5) is 9.55. The maximum atomic E-state index is 4.44. The smallest absolute Gasteiger partial charge is 0.0446 e. The van der Waals surface area contributed by atoms with Gasteiger partial charge in [-0.15, -0.1) is 0 Å². The van der Waals surface area contributed by atoms with Crippen molar-refractivity contribution in [2.75, 3.05) is 38.1 Å². The van der Waals surface area contributed by atoms with Crippen LogP contribution in [-0.4, -0.2) is 49.2 Å². The van der Waals surface area contributed by atoms with Crippen LogP contribution in [0.1, 0.15) is 31.5 Å². The Kier molecular flexibility index (Phi) is 5.38. The fourth-order valence-corrected chi connectivity index (χ4v) is 3.19. The molecular formula is C16H28N4. The predicted octanol–water partition coefficient (Wildman–Crippen LogP) is 2.03. The van der Waals surface area contributed by atoms with E-state index in [1.165, 1.54) is 17.7 Å². The van der Waals surface area contributed by atoms with Crippen LogP contribution in [0.25, 0.3) is 0 Å². The van der Waals surface area contributed by atoms with Crippen molar-refractivity contribution in [3.05, 3.63) is 23.5 Å². The molecule has 1 saturated heterocycles. The van der Waals surface area contributed by atoms with E-state index in [9.17, 15) is 0 Å². The van der Waals surface area contributed by atoms with E-state index in [0.29, 0.717) is 6.04 Å². The maximum absolute atomic E-state index is 4.44. The minimum Gasteiger partial charge on any atom is -0.370 e. The van der Waals surface area contributed by atoms with Gasteiger partial charge >= 0.3 is 0 Å².